The van der Waals surface area contributed by atoms with E-state index in [4.69, 9.17) is 11.6 Å². The summed E-state index contributed by atoms with van der Waals surface area (Å²) in [4.78, 5) is 13.6. The average Bonchev–Trinajstić information content (AvgIpc) is 2.77. The SMILES string of the molecule is CC(C)(F)C(c1cc(F)cc(C(=O)O)c1)C1CN(C(c2ccc(Cl)cc2)c2cccc(C#N)c2)C1. The zero-order chi connectivity index (χ0) is 25.3. The first-order valence-corrected chi connectivity index (χ1v) is 11.7. The van der Waals surface area contributed by atoms with E-state index in [1.807, 2.05) is 42.5 Å². The van der Waals surface area contributed by atoms with Gasteiger partial charge in [0.05, 0.1) is 23.2 Å². The molecule has 1 aliphatic heterocycles. The molecular formula is C28H25ClF2N2O2. The largest absolute Gasteiger partial charge is 0.478 e. The first-order chi connectivity index (χ1) is 16.6. The van der Waals surface area contributed by atoms with Crippen LogP contribution in [-0.4, -0.2) is 34.7 Å². The number of carboxylic acids is 1. The molecule has 0 amide bonds. The monoisotopic (exact) mass is 494 g/mol. The number of nitriles is 1. The maximum absolute atomic E-state index is 15.5. The van der Waals surface area contributed by atoms with Crippen molar-refractivity contribution in [3.05, 3.63) is 105 Å². The summed E-state index contributed by atoms with van der Waals surface area (Å²) in [5.41, 5.74) is 0.906. The molecule has 3 aromatic rings. The van der Waals surface area contributed by atoms with Crippen molar-refractivity contribution in [2.24, 2.45) is 5.92 Å². The third-order valence-electron chi connectivity index (χ3n) is 6.56. The Morgan fingerprint density at radius 1 is 1.09 bits per heavy atom. The lowest BCUT2D eigenvalue weighted by atomic mass is 9.72. The van der Waals surface area contributed by atoms with E-state index >= 15 is 4.39 Å². The van der Waals surface area contributed by atoms with Gasteiger partial charge in [0.1, 0.15) is 11.5 Å². The summed E-state index contributed by atoms with van der Waals surface area (Å²) in [7, 11) is 0. The van der Waals surface area contributed by atoms with Crippen LogP contribution >= 0.6 is 11.6 Å². The highest BCUT2D eigenvalue weighted by Crippen LogP contribution is 2.45. The molecule has 2 atom stereocenters. The molecule has 0 radical (unpaired) electrons. The fourth-order valence-corrected chi connectivity index (χ4v) is 5.28. The lowest BCUT2D eigenvalue weighted by molar-refractivity contribution is 0.00807. The number of carboxylic acid groups (broad SMARTS) is 1. The second-order valence-corrected chi connectivity index (χ2v) is 9.96. The standard InChI is InChI=1S/C28H25ClF2N2O2/c1-28(2,31)25(20-11-21(27(34)35)13-24(30)12-20)22-15-33(16-22)26(18-6-8-23(29)9-7-18)19-5-3-4-17(10-19)14-32/h3-13,22,25-26H,15-16H2,1-2H3,(H,34,35). The van der Waals surface area contributed by atoms with Crippen LogP contribution in [0.2, 0.25) is 5.02 Å². The third kappa shape index (κ3) is 5.37. The van der Waals surface area contributed by atoms with Gasteiger partial charge < -0.3 is 5.11 Å². The number of halogens is 3. The minimum Gasteiger partial charge on any atom is -0.478 e. The molecule has 0 aromatic heterocycles. The number of rotatable bonds is 7. The Hall–Kier alpha value is -3.27. The van der Waals surface area contributed by atoms with Crippen LogP contribution in [0.1, 0.15) is 58.4 Å². The summed E-state index contributed by atoms with van der Waals surface area (Å²) < 4.78 is 29.7. The minimum absolute atomic E-state index is 0.160. The van der Waals surface area contributed by atoms with Crippen LogP contribution in [0.4, 0.5) is 8.78 Å². The molecule has 1 heterocycles. The third-order valence-corrected chi connectivity index (χ3v) is 6.81. The summed E-state index contributed by atoms with van der Waals surface area (Å²) in [6, 6.07) is 20.4. The van der Waals surface area contributed by atoms with Crippen LogP contribution in [0.5, 0.6) is 0 Å². The summed E-state index contributed by atoms with van der Waals surface area (Å²) in [5, 5.41) is 19.3. The summed E-state index contributed by atoms with van der Waals surface area (Å²) in [6.07, 6.45) is 0. The number of hydrogen-bond acceptors (Lipinski definition) is 3. The molecule has 1 fully saturated rings. The molecule has 4 rings (SSSR count). The molecule has 7 heteroatoms. The molecule has 3 aromatic carbocycles. The number of alkyl halides is 1. The number of aromatic carboxylic acids is 1. The lowest BCUT2D eigenvalue weighted by Gasteiger charge is -2.50. The van der Waals surface area contributed by atoms with Crippen LogP contribution in [-0.2, 0) is 0 Å². The van der Waals surface area contributed by atoms with Crippen LogP contribution < -0.4 is 0 Å². The van der Waals surface area contributed by atoms with Crippen molar-refractivity contribution >= 4 is 17.6 Å². The van der Waals surface area contributed by atoms with Crippen molar-refractivity contribution in [1.29, 1.82) is 5.26 Å². The van der Waals surface area contributed by atoms with Gasteiger partial charge in [0.2, 0.25) is 0 Å². The van der Waals surface area contributed by atoms with E-state index in [1.165, 1.54) is 26.0 Å². The van der Waals surface area contributed by atoms with Crippen LogP contribution in [0.3, 0.4) is 0 Å². The highest BCUT2D eigenvalue weighted by atomic mass is 35.5. The van der Waals surface area contributed by atoms with E-state index in [9.17, 15) is 19.6 Å². The highest BCUT2D eigenvalue weighted by molar-refractivity contribution is 6.30. The molecule has 0 bridgehead atoms. The first-order valence-electron chi connectivity index (χ1n) is 11.3. The molecular weight excluding hydrogens is 470 g/mol. The Balaban J connectivity index is 1.67. The van der Waals surface area contributed by atoms with E-state index in [0.29, 0.717) is 29.2 Å². The fourth-order valence-electron chi connectivity index (χ4n) is 5.15. The molecule has 0 spiro atoms. The smallest absolute Gasteiger partial charge is 0.335 e. The average molecular weight is 495 g/mol. The van der Waals surface area contributed by atoms with Crippen molar-refractivity contribution in [3.8, 4) is 6.07 Å². The van der Waals surface area contributed by atoms with Gasteiger partial charge in [0, 0.05) is 24.0 Å². The number of hydrogen-bond donors (Lipinski definition) is 1. The normalized spacial score (nSPS) is 16.2. The second kappa shape index (κ2) is 9.77. The summed E-state index contributed by atoms with van der Waals surface area (Å²) >= 11 is 6.10. The molecule has 35 heavy (non-hydrogen) atoms. The van der Waals surface area contributed by atoms with E-state index in [-0.39, 0.29) is 17.5 Å². The molecule has 180 valence electrons. The van der Waals surface area contributed by atoms with Crippen molar-refractivity contribution in [2.45, 2.75) is 31.5 Å². The first kappa shape index (κ1) is 24.8. The Morgan fingerprint density at radius 3 is 2.37 bits per heavy atom. The maximum atomic E-state index is 15.5. The molecule has 2 unspecified atom stereocenters. The number of likely N-dealkylation sites (tertiary alicyclic amines) is 1. The Bertz CT molecular complexity index is 1280. The molecule has 0 aliphatic carbocycles. The van der Waals surface area contributed by atoms with Crippen molar-refractivity contribution < 1.29 is 18.7 Å². The van der Waals surface area contributed by atoms with Gasteiger partial charge in [-0.1, -0.05) is 35.9 Å². The van der Waals surface area contributed by atoms with Gasteiger partial charge >= 0.3 is 5.97 Å². The predicted molar refractivity (Wildman–Crippen MR) is 131 cm³/mol. The highest BCUT2D eigenvalue weighted by Gasteiger charge is 2.45. The van der Waals surface area contributed by atoms with E-state index in [1.54, 1.807) is 6.07 Å². The summed E-state index contributed by atoms with van der Waals surface area (Å²) in [6.45, 7) is 3.92. The van der Waals surface area contributed by atoms with Crippen molar-refractivity contribution in [1.82, 2.24) is 4.90 Å². The van der Waals surface area contributed by atoms with Crippen LogP contribution in [0.15, 0.2) is 66.7 Å². The van der Waals surface area contributed by atoms with Gasteiger partial charge in [0.25, 0.3) is 0 Å². The Kier molecular flexibility index (Phi) is 6.93. The fraction of sp³-hybridized carbons (Fsp3) is 0.286. The van der Waals surface area contributed by atoms with E-state index in [2.05, 4.69) is 11.0 Å². The quantitative estimate of drug-likeness (QED) is 0.402. The van der Waals surface area contributed by atoms with Crippen molar-refractivity contribution in [3.63, 3.8) is 0 Å². The Labute approximate surface area is 208 Å². The predicted octanol–water partition coefficient (Wildman–Crippen LogP) is 6.60. The molecule has 4 nitrogen and oxygen atoms in total. The maximum Gasteiger partial charge on any atom is 0.335 e. The zero-order valence-corrected chi connectivity index (χ0v) is 20.1. The summed E-state index contributed by atoms with van der Waals surface area (Å²) in [5.74, 6) is -2.80. The zero-order valence-electron chi connectivity index (χ0n) is 19.4. The van der Waals surface area contributed by atoms with Crippen LogP contribution in [0.25, 0.3) is 0 Å². The minimum atomic E-state index is -1.70. The van der Waals surface area contributed by atoms with Gasteiger partial charge in [-0.15, -0.1) is 0 Å². The van der Waals surface area contributed by atoms with E-state index in [0.717, 1.165) is 17.2 Å². The van der Waals surface area contributed by atoms with Gasteiger partial charge in [-0.25, -0.2) is 13.6 Å². The molecule has 1 saturated heterocycles. The Morgan fingerprint density at radius 2 is 1.77 bits per heavy atom. The van der Waals surface area contributed by atoms with Crippen molar-refractivity contribution in [2.75, 3.05) is 13.1 Å². The molecule has 0 saturated carbocycles. The van der Waals surface area contributed by atoms with Gasteiger partial charge in [-0.05, 0) is 78.9 Å². The number of benzene rings is 3. The molecule has 1 aliphatic rings. The van der Waals surface area contributed by atoms with Crippen LogP contribution in [0, 0.1) is 23.1 Å². The number of nitrogens with zero attached hydrogens (tertiary/aromatic N) is 2. The van der Waals surface area contributed by atoms with Gasteiger partial charge in [-0.3, -0.25) is 4.90 Å². The topological polar surface area (TPSA) is 64.3 Å². The molecule has 1 N–H and O–H groups in total. The van der Waals surface area contributed by atoms with E-state index < -0.39 is 23.4 Å². The number of carbonyl (C=O) groups is 1. The van der Waals surface area contributed by atoms with Gasteiger partial charge in [0.15, 0.2) is 0 Å². The second-order valence-electron chi connectivity index (χ2n) is 9.53. The van der Waals surface area contributed by atoms with Gasteiger partial charge in [-0.2, -0.15) is 5.26 Å². The lowest BCUT2D eigenvalue weighted by Crippen LogP contribution is -2.53.